The fraction of sp³-hybridized carbons (Fsp3) is 0.400. The second-order valence-electron chi connectivity index (χ2n) is 5.74. The summed E-state index contributed by atoms with van der Waals surface area (Å²) in [7, 11) is 0. The molecule has 2 N–H and O–H groups in total. The van der Waals surface area contributed by atoms with Crippen LogP contribution in [0.2, 0.25) is 0 Å². The van der Waals surface area contributed by atoms with Crippen LogP contribution in [0.15, 0.2) is 24.5 Å². The number of benzene rings is 1. The van der Waals surface area contributed by atoms with E-state index in [4.69, 9.17) is 4.74 Å². The number of carbonyl (C=O) groups excluding carboxylic acids is 2. The quantitative estimate of drug-likeness (QED) is 0.847. The van der Waals surface area contributed by atoms with Crippen LogP contribution in [-0.2, 0) is 14.3 Å². The Kier molecular flexibility index (Phi) is 4.26. The van der Waals surface area contributed by atoms with Gasteiger partial charge < -0.3 is 15.0 Å². The molecule has 1 amide bonds. The second-order valence-corrected chi connectivity index (χ2v) is 5.74. The maximum absolute atomic E-state index is 11.9. The number of hydrogen-bond donors (Lipinski definition) is 2. The van der Waals surface area contributed by atoms with Crippen LogP contribution in [0.4, 0.5) is 5.69 Å². The van der Waals surface area contributed by atoms with Gasteiger partial charge in [-0.25, -0.2) is 4.98 Å². The highest BCUT2D eigenvalue weighted by molar-refractivity contribution is 6.00. The molecule has 0 radical (unpaired) electrons. The van der Waals surface area contributed by atoms with E-state index in [1.54, 1.807) is 33.2 Å². The third-order valence-corrected chi connectivity index (χ3v) is 2.70. The molecule has 0 saturated carbocycles. The smallest absolute Gasteiger partial charge is 0.306 e. The zero-order valence-corrected chi connectivity index (χ0v) is 12.4. The van der Waals surface area contributed by atoms with Gasteiger partial charge in [-0.1, -0.05) is 6.07 Å². The normalized spacial score (nSPS) is 11.4. The van der Waals surface area contributed by atoms with Crippen LogP contribution in [-0.4, -0.2) is 27.4 Å². The van der Waals surface area contributed by atoms with Crippen LogP contribution in [0.5, 0.6) is 0 Å². The molecule has 0 aliphatic heterocycles. The fourth-order valence-corrected chi connectivity index (χ4v) is 1.89. The third kappa shape index (κ3) is 4.30. The molecule has 112 valence electrons. The molecule has 0 fully saturated rings. The second kappa shape index (κ2) is 5.95. The van der Waals surface area contributed by atoms with E-state index in [9.17, 15) is 9.59 Å². The number of rotatable bonds is 4. The van der Waals surface area contributed by atoms with Gasteiger partial charge in [-0.15, -0.1) is 0 Å². The molecule has 0 unspecified atom stereocenters. The summed E-state index contributed by atoms with van der Waals surface area (Å²) in [5.74, 6) is -0.619. The van der Waals surface area contributed by atoms with Crippen LogP contribution in [0.1, 0.15) is 33.6 Å². The van der Waals surface area contributed by atoms with Crippen LogP contribution in [0.3, 0.4) is 0 Å². The van der Waals surface area contributed by atoms with Crippen molar-refractivity contribution in [2.45, 2.75) is 39.2 Å². The topological polar surface area (TPSA) is 84.1 Å². The lowest BCUT2D eigenvalue weighted by Gasteiger charge is -2.19. The Morgan fingerprint density at radius 1 is 1.29 bits per heavy atom. The first-order valence-electron chi connectivity index (χ1n) is 6.79. The molecule has 2 aromatic rings. The lowest BCUT2D eigenvalue weighted by atomic mass is 10.2. The van der Waals surface area contributed by atoms with E-state index < -0.39 is 5.60 Å². The van der Waals surface area contributed by atoms with Crippen LogP contribution < -0.4 is 5.32 Å². The predicted molar refractivity (Wildman–Crippen MR) is 79.8 cm³/mol. The largest absolute Gasteiger partial charge is 0.460 e. The lowest BCUT2D eigenvalue weighted by molar-refractivity contribution is -0.155. The highest BCUT2D eigenvalue weighted by atomic mass is 16.6. The Balaban J connectivity index is 1.90. The van der Waals surface area contributed by atoms with Gasteiger partial charge in [0.2, 0.25) is 5.91 Å². The molecule has 2 rings (SSSR count). The fourth-order valence-electron chi connectivity index (χ4n) is 1.89. The van der Waals surface area contributed by atoms with Crippen LogP contribution in [0, 0.1) is 0 Å². The minimum Gasteiger partial charge on any atom is -0.460 e. The standard InChI is InChI=1S/C15H19N3O3/c1-15(2,3)21-13(20)8-7-12(19)18-11-6-4-5-10-14(11)17-9-16-10/h4-6,9H,7-8H2,1-3H3,(H,16,17)(H,18,19). The van der Waals surface area contributed by atoms with Gasteiger partial charge in [0.15, 0.2) is 0 Å². The van der Waals surface area contributed by atoms with Crippen molar-refractivity contribution < 1.29 is 14.3 Å². The van der Waals surface area contributed by atoms with Gasteiger partial charge in [0.05, 0.1) is 24.0 Å². The summed E-state index contributed by atoms with van der Waals surface area (Å²) in [5.41, 5.74) is 1.64. The molecule has 1 aromatic carbocycles. The molecule has 0 bridgehead atoms. The summed E-state index contributed by atoms with van der Waals surface area (Å²) in [5, 5.41) is 2.76. The van der Waals surface area contributed by atoms with Gasteiger partial charge in [-0.2, -0.15) is 0 Å². The number of ether oxygens (including phenoxy) is 1. The Hall–Kier alpha value is -2.37. The number of amides is 1. The first-order chi connectivity index (χ1) is 9.85. The Bertz CT molecular complexity index is 655. The van der Waals surface area contributed by atoms with E-state index in [1.165, 1.54) is 0 Å². The number of imidazole rings is 1. The number of esters is 1. The number of H-pyrrole nitrogens is 1. The van der Waals surface area contributed by atoms with Crippen LogP contribution in [0.25, 0.3) is 11.0 Å². The van der Waals surface area contributed by atoms with Crippen molar-refractivity contribution in [2.75, 3.05) is 5.32 Å². The van der Waals surface area contributed by atoms with Crippen LogP contribution >= 0.6 is 0 Å². The molecule has 0 spiro atoms. The molecule has 0 saturated heterocycles. The molecule has 1 aromatic heterocycles. The molecule has 0 aliphatic rings. The molecule has 0 aliphatic carbocycles. The summed E-state index contributed by atoms with van der Waals surface area (Å²) < 4.78 is 5.16. The summed E-state index contributed by atoms with van der Waals surface area (Å²) in [6.45, 7) is 5.38. The molecule has 1 heterocycles. The first-order valence-corrected chi connectivity index (χ1v) is 6.79. The maximum atomic E-state index is 11.9. The minimum absolute atomic E-state index is 0.0552. The van der Waals surface area contributed by atoms with E-state index >= 15 is 0 Å². The average molecular weight is 289 g/mol. The number of para-hydroxylation sites is 1. The van der Waals surface area contributed by atoms with Crippen molar-refractivity contribution in [3.63, 3.8) is 0 Å². The van der Waals surface area contributed by atoms with E-state index in [0.29, 0.717) is 11.2 Å². The van der Waals surface area contributed by atoms with Crippen molar-refractivity contribution in [2.24, 2.45) is 0 Å². The summed E-state index contributed by atoms with van der Waals surface area (Å²) >= 11 is 0. The molecule has 0 atom stereocenters. The van der Waals surface area contributed by atoms with Gasteiger partial charge in [-0.3, -0.25) is 9.59 Å². The Labute approximate surface area is 122 Å². The van der Waals surface area contributed by atoms with Gasteiger partial charge >= 0.3 is 5.97 Å². The van der Waals surface area contributed by atoms with Gasteiger partial charge in [-0.05, 0) is 32.9 Å². The average Bonchev–Trinajstić information content (AvgIpc) is 2.84. The molecule has 21 heavy (non-hydrogen) atoms. The zero-order chi connectivity index (χ0) is 15.5. The van der Waals surface area contributed by atoms with E-state index in [0.717, 1.165) is 5.52 Å². The zero-order valence-electron chi connectivity index (χ0n) is 12.4. The number of fused-ring (bicyclic) bond motifs is 1. The Morgan fingerprint density at radius 3 is 2.76 bits per heavy atom. The number of aromatic nitrogens is 2. The monoisotopic (exact) mass is 289 g/mol. The number of nitrogens with zero attached hydrogens (tertiary/aromatic N) is 1. The first kappa shape index (κ1) is 15.0. The molecular weight excluding hydrogens is 270 g/mol. The van der Waals surface area contributed by atoms with Crippen molar-refractivity contribution in [1.82, 2.24) is 9.97 Å². The minimum atomic E-state index is -0.534. The van der Waals surface area contributed by atoms with Crippen molar-refractivity contribution in [1.29, 1.82) is 0 Å². The van der Waals surface area contributed by atoms with Crippen molar-refractivity contribution in [3.05, 3.63) is 24.5 Å². The highest BCUT2D eigenvalue weighted by Gasteiger charge is 2.17. The predicted octanol–water partition coefficient (Wildman–Crippen LogP) is 2.62. The maximum Gasteiger partial charge on any atom is 0.306 e. The van der Waals surface area contributed by atoms with Crippen molar-refractivity contribution in [3.8, 4) is 0 Å². The van der Waals surface area contributed by atoms with Gasteiger partial charge in [0, 0.05) is 6.42 Å². The number of hydrogen-bond acceptors (Lipinski definition) is 4. The van der Waals surface area contributed by atoms with Gasteiger partial charge in [0.25, 0.3) is 0 Å². The summed E-state index contributed by atoms with van der Waals surface area (Å²) in [4.78, 5) is 30.6. The summed E-state index contributed by atoms with van der Waals surface area (Å²) in [6, 6.07) is 5.47. The van der Waals surface area contributed by atoms with E-state index in [2.05, 4.69) is 15.3 Å². The van der Waals surface area contributed by atoms with E-state index in [-0.39, 0.29) is 24.7 Å². The number of nitrogens with one attached hydrogen (secondary N) is 2. The highest BCUT2D eigenvalue weighted by Crippen LogP contribution is 2.20. The number of carbonyl (C=O) groups is 2. The number of anilines is 1. The third-order valence-electron chi connectivity index (χ3n) is 2.70. The molecule has 6 heteroatoms. The van der Waals surface area contributed by atoms with Crippen molar-refractivity contribution >= 4 is 28.6 Å². The van der Waals surface area contributed by atoms with Gasteiger partial charge in [0.1, 0.15) is 11.1 Å². The Morgan fingerprint density at radius 2 is 2.05 bits per heavy atom. The number of aromatic amines is 1. The summed E-state index contributed by atoms with van der Waals surface area (Å²) in [6.07, 6.45) is 1.70. The lowest BCUT2D eigenvalue weighted by Crippen LogP contribution is -2.24. The SMILES string of the molecule is CC(C)(C)OC(=O)CCC(=O)Nc1cccc2[nH]cnc12. The molecular formula is C15H19N3O3. The van der Waals surface area contributed by atoms with E-state index in [1.807, 2.05) is 12.1 Å². The molecule has 6 nitrogen and oxygen atoms in total.